The van der Waals surface area contributed by atoms with Crippen LogP contribution in [0.3, 0.4) is 0 Å². The van der Waals surface area contributed by atoms with Gasteiger partial charge in [0.15, 0.2) is 0 Å². The fraction of sp³-hybridized carbons (Fsp3) is 0.500. The number of aliphatic carboxylic acids is 1. The fourth-order valence-electron chi connectivity index (χ4n) is 2.46. The van der Waals surface area contributed by atoms with Crippen molar-refractivity contribution in [1.29, 1.82) is 0 Å². The average molecular weight is 307 g/mol. The van der Waals surface area contributed by atoms with Gasteiger partial charge in [-0.05, 0) is 31.4 Å². The Morgan fingerprint density at radius 2 is 1.95 bits per heavy atom. The smallest absolute Gasteiger partial charge is 0.326 e. The van der Waals surface area contributed by atoms with E-state index in [-0.39, 0.29) is 19.1 Å². The third kappa shape index (κ3) is 4.73. The van der Waals surface area contributed by atoms with Crippen molar-refractivity contribution in [2.24, 2.45) is 0 Å². The standard InChI is InChI=1S/C16H21NO5/c18-15(17-9-5-4-8-14(17)16(19)20)12-21-10-11-22-13-6-2-1-3-7-13/h1-3,6-7,14H,4-5,8-12H2,(H,19,20). The molecule has 1 aromatic carbocycles. The molecule has 0 saturated carbocycles. The van der Waals surface area contributed by atoms with Gasteiger partial charge in [-0.25, -0.2) is 4.79 Å². The second kappa shape index (κ2) is 8.38. The second-order valence-corrected chi connectivity index (χ2v) is 5.15. The van der Waals surface area contributed by atoms with E-state index in [0.717, 1.165) is 18.6 Å². The maximum Gasteiger partial charge on any atom is 0.326 e. The third-order valence-electron chi connectivity index (χ3n) is 3.57. The van der Waals surface area contributed by atoms with E-state index in [9.17, 15) is 9.59 Å². The summed E-state index contributed by atoms with van der Waals surface area (Å²) in [6, 6.07) is 8.63. The van der Waals surface area contributed by atoms with Gasteiger partial charge in [0.1, 0.15) is 25.0 Å². The lowest BCUT2D eigenvalue weighted by Crippen LogP contribution is -2.49. The van der Waals surface area contributed by atoms with Crippen molar-refractivity contribution in [3.05, 3.63) is 30.3 Å². The Balaban J connectivity index is 1.67. The molecule has 0 radical (unpaired) electrons. The van der Waals surface area contributed by atoms with E-state index in [1.54, 1.807) is 0 Å². The van der Waals surface area contributed by atoms with Crippen molar-refractivity contribution >= 4 is 11.9 Å². The molecule has 2 rings (SSSR count). The Morgan fingerprint density at radius 3 is 2.68 bits per heavy atom. The van der Waals surface area contributed by atoms with E-state index >= 15 is 0 Å². The van der Waals surface area contributed by atoms with Gasteiger partial charge in [0, 0.05) is 6.54 Å². The van der Waals surface area contributed by atoms with Gasteiger partial charge >= 0.3 is 5.97 Å². The summed E-state index contributed by atoms with van der Waals surface area (Å²) in [7, 11) is 0. The molecule has 6 heteroatoms. The molecule has 0 spiro atoms. The summed E-state index contributed by atoms with van der Waals surface area (Å²) in [5.41, 5.74) is 0. The van der Waals surface area contributed by atoms with Crippen molar-refractivity contribution in [3.8, 4) is 5.75 Å². The van der Waals surface area contributed by atoms with Crippen molar-refractivity contribution < 1.29 is 24.2 Å². The first-order chi connectivity index (χ1) is 10.7. The number of ether oxygens (including phenoxy) is 2. The second-order valence-electron chi connectivity index (χ2n) is 5.15. The summed E-state index contributed by atoms with van der Waals surface area (Å²) in [6.45, 7) is 1.01. The molecule has 1 atom stereocenters. The largest absolute Gasteiger partial charge is 0.491 e. The number of carbonyl (C=O) groups excluding carboxylic acids is 1. The Labute approximate surface area is 129 Å². The van der Waals surface area contributed by atoms with E-state index in [1.807, 2.05) is 30.3 Å². The minimum absolute atomic E-state index is 0.109. The first kappa shape index (κ1) is 16.3. The molecule has 0 aliphatic carbocycles. The summed E-state index contributed by atoms with van der Waals surface area (Å²) in [5.74, 6) is -0.466. The maximum atomic E-state index is 12.0. The van der Waals surface area contributed by atoms with E-state index in [4.69, 9.17) is 14.6 Å². The van der Waals surface area contributed by atoms with Crippen LogP contribution >= 0.6 is 0 Å². The summed E-state index contributed by atoms with van der Waals surface area (Å²) in [5, 5.41) is 9.14. The van der Waals surface area contributed by atoms with Crippen molar-refractivity contribution in [2.45, 2.75) is 25.3 Å². The number of carboxylic acids is 1. The summed E-state index contributed by atoms with van der Waals surface area (Å²) in [4.78, 5) is 24.6. The molecule has 0 aromatic heterocycles. The number of rotatable bonds is 7. The van der Waals surface area contributed by atoms with Gasteiger partial charge in [0.05, 0.1) is 6.61 Å². The van der Waals surface area contributed by atoms with Crippen LogP contribution in [0.2, 0.25) is 0 Å². The third-order valence-corrected chi connectivity index (χ3v) is 3.57. The number of benzene rings is 1. The van der Waals surface area contributed by atoms with Crippen LogP contribution in [0.5, 0.6) is 5.75 Å². The van der Waals surface area contributed by atoms with Crippen molar-refractivity contribution in [1.82, 2.24) is 4.90 Å². The molecule has 1 unspecified atom stereocenters. The van der Waals surface area contributed by atoms with Crippen LogP contribution < -0.4 is 4.74 Å². The molecule has 120 valence electrons. The van der Waals surface area contributed by atoms with Crippen LogP contribution in [-0.4, -0.2) is 54.3 Å². The fourth-order valence-corrected chi connectivity index (χ4v) is 2.46. The van der Waals surface area contributed by atoms with Gasteiger partial charge in [-0.1, -0.05) is 18.2 Å². The van der Waals surface area contributed by atoms with Gasteiger partial charge in [0.2, 0.25) is 5.91 Å². The molecule has 1 amide bonds. The van der Waals surface area contributed by atoms with Gasteiger partial charge < -0.3 is 19.5 Å². The number of para-hydroxylation sites is 1. The molecule has 1 aromatic rings. The number of carboxylic acid groups (broad SMARTS) is 1. The number of hydrogen-bond acceptors (Lipinski definition) is 4. The zero-order valence-corrected chi connectivity index (χ0v) is 12.4. The van der Waals surface area contributed by atoms with Gasteiger partial charge in [-0.3, -0.25) is 4.79 Å². The van der Waals surface area contributed by atoms with Crippen LogP contribution in [-0.2, 0) is 14.3 Å². The van der Waals surface area contributed by atoms with E-state index in [0.29, 0.717) is 19.6 Å². The molecule has 1 aliphatic heterocycles. The highest BCUT2D eigenvalue weighted by molar-refractivity contribution is 5.84. The minimum atomic E-state index is -0.944. The number of amides is 1. The average Bonchev–Trinajstić information content (AvgIpc) is 2.55. The van der Waals surface area contributed by atoms with Crippen LogP contribution in [0.25, 0.3) is 0 Å². The predicted molar refractivity (Wildman–Crippen MR) is 79.7 cm³/mol. The Kier molecular flexibility index (Phi) is 6.21. The number of piperidine rings is 1. The first-order valence-corrected chi connectivity index (χ1v) is 7.46. The Morgan fingerprint density at radius 1 is 1.18 bits per heavy atom. The lowest BCUT2D eigenvalue weighted by Gasteiger charge is -2.32. The Bertz CT molecular complexity index is 491. The highest BCUT2D eigenvalue weighted by atomic mass is 16.5. The van der Waals surface area contributed by atoms with Crippen molar-refractivity contribution in [3.63, 3.8) is 0 Å². The molecule has 1 N–H and O–H groups in total. The van der Waals surface area contributed by atoms with Crippen LogP contribution in [0.15, 0.2) is 30.3 Å². The first-order valence-electron chi connectivity index (χ1n) is 7.46. The lowest BCUT2D eigenvalue weighted by atomic mass is 10.0. The summed E-state index contributed by atoms with van der Waals surface area (Å²) >= 11 is 0. The quantitative estimate of drug-likeness (QED) is 0.773. The van der Waals surface area contributed by atoms with E-state index in [1.165, 1.54) is 4.90 Å². The normalized spacial score (nSPS) is 18.0. The van der Waals surface area contributed by atoms with E-state index < -0.39 is 12.0 Å². The maximum absolute atomic E-state index is 12.0. The minimum Gasteiger partial charge on any atom is -0.491 e. The molecule has 1 fully saturated rings. The molecular weight excluding hydrogens is 286 g/mol. The zero-order valence-electron chi connectivity index (χ0n) is 12.4. The number of nitrogens with zero attached hydrogens (tertiary/aromatic N) is 1. The Hall–Kier alpha value is -2.08. The van der Waals surface area contributed by atoms with E-state index in [2.05, 4.69) is 0 Å². The predicted octanol–water partition coefficient (Wildman–Crippen LogP) is 1.55. The van der Waals surface area contributed by atoms with Gasteiger partial charge in [-0.2, -0.15) is 0 Å². The van der Waals surface area contributed by atoms with Crippen molar-refractivity contribution in [2.75, 3.05) is 26.4 Å². The molecular formula is C16H21NO5. The van der Waals surface area contributed by atoms with Gasteiger partial charge in [0.25, 0.3) is 0 Å². The highest BCUT2D eigenvalue weighted by Gasteiger charge is 2.31. The topological polar surface area (TPSA) is 76.1 Å². The molecule has 1 aliphatic rings. The molecule has 6 nitrogen and oxygen atoms in total. The SMILES string of the molecule is O=C(O)C1CCCCN1C(=O)COCCOc1ccccc1. The number of hydrogen-bond donors (Lipinski definition) is 1. The molecule has 0 bridgehead atoms. The zero-order chi connectivity index (χ0) is 15.8. The number of likely N-dealkylation sites (tertiary alicyclic amines) is 1. The monoisotopic (exact) mass is 307 g/mol. The van der Waals surface area contributed by atoms with Crippen LogP contribution in [0.1, 0.15) is 19.3 Å². The summed E-state index contributed by atoms with van der Waals surface area (Å²) in [6.07, 6.45) is 2.19. The molecule has 1 heterocycles. The number of carbonyl (C=O) groups is 2. The van der Waals surface area contributed by atoms with Crippen LogP contribution in [0.4, 0.5) is 0 Å². The summed E-state index contributed by atoms with van der Waals surface area (Å²) < 4.78 is 10.7. The highest BCUT2D eigenvalue weighted by Crippen LogP contribution is 2.17. The van der Waals surface area contributed by atoms with Crippen LogP contribution in [0, 0.1) is 0 Å². The van der Waals surface area contributed by atoms with Gasteiger partial charge in [-0.15, -0.1) is 0 Å². The molecule has 1 saturated heterocycles. The molecule has 22 heavy (non-hydrogen) atoms. The lowest BCUT2D eigenvalue weighted by molar-refractivity contribution is -0.154.